The van der Waals surface area contributed by atoms with Gasteiger partial charge in [0.15, 0.2) is 0 Å². The van der Waals surface area contributed by atoms with Gasteiger partial charge in [0.05, 0.1) is 5.69 Å². The first kappa shape index (κ1) is 8.81. The van der Waals surface area contributed by atoms with Crippen LogP contribution in [0.15, 0.2) is 36.9 Å². The molecule has 0 aliphatic carbocycles. The molecular formula is C11H11N3. The van der Waals surface area contributed by atoms with E-state index in [1.807, 2.05) is 18.2 Å². The van der Waals surface area contributed by atoms with Crippen LogP contribution in [0.1, 0.15) is 12.6 Å². The fourth-order valence-electron chi connectivity index (χ4n) is 1.27. The maximum absolute atomic E-state index is 4.22. The Morgan fingerprint density at radius 1 is 1.14 bits per heavy atom. The predicted octanol–water partition coefficient (Wildman–Crippen LogP) is 2.10. The molecule has 0 aliphatic heterocycles. The molecular weight excluding hydrogens is 174 g/mol. The Labute approximate surface area is 82.9 Å². The highest BCUT2D eigenvalue weighted by molar-refractivity contribution is 5.57. The molecule has 70 valence electrons. The van der Waals surface area contributed by atoms with E-state index in [1.165, 1.54) is 0 Å². The quantitative estimate of drug-likeness (QED) is 0.719. The second kappa shape index (κ2) is 3.96. The van der Waals surface area contributed by atoms with Crippen LogP contribution in [0.5, 0.6) is 0 Å². The Bertz CT molecular complexity index is 412. The maximum atomic E-state index is 4.22. The first-order valence-corrected chi connectivity index (χ1v) is 4.61. The molecule has 14 heavy (non-hydrogen) atoms. The highest BCUT2D eigenvalue weighted by Gasteiger charge is 1.99. The molecule has 0 saturated carbocycles. The third-order valence-electron chi connectivity index (χ3n) is 2.06. The van der Waals surface area contributed by atoms with Crippen molar-refractivity contribution in [3.8, 4) is 11.3 Å². The molecule has 2 heterocycles. The number of pyridine rings is 1. The number of aromatic nitrogens is 3. The molecule has 0 aromatic carbocycles. The fourth-order valence-corrected chi connectivity index (χ4v) is 1.27. The normalized spacial score (nSPS) is 10.1. The van der Waals surface area contributed by atoms with E-state index in [9.17, 15) is 0 Å². The van der Waals surface area contributed by atoms with E-state index < -0.39 is 0 Å². The Hall–Kier alpha value is -1.77. The molecule has 0 radical (unpaired) electrons. The fraction of sp³-hybridized carbons (Fsp3) is 0.182. The number of hydrogen-bond donors (Lipinski definition) is 0. The Balaban J connectivity index is 2.42. The van der Waals surface area contributed by atoms with Crippen molar-refractivity contribution in [2.24, 2.45) is 0 Å². The van der Waals surface area contributed by atoms with E-state index in [2.05, 4.69) is 21.9 Å². The number of hydrogen-bond acceptors (Lipinski definition) is 3. The van der Waals surface area contributed by atoms with Crippen molar-refractivity contribution < 1.29 is 0 Å². The topological polar surface area (TPSA) is 38.7 Å². The molecule has 0 fully saturated rings. The Kier molecular flexibility index (Phi) is 2.49. The molecule has 3 heteroatoms. The van der Waals surface area contributed by atoms with Gasteiger partial charge >= 0.3 is 0 Å². The lowest BCUT2D eigenvalue weighted by molar-refractivity contribution is 1.00. The minimum Gasteiger partial charge on any atom is -0.265 e. The molecule has 2 aromatic heterocycles. The lowest BCUT2D eigenvalue weighted by atomic mass is 10.1. The molecule has 0 bridgehead atoms. The van der Waals surface area contributed by atoms with E-state index in [4.69, 9.17) is 0 Å². The predicted molar refractivity (Wildman–Crippen MR) is 54.6 cm³/mol. The molecule has 0 atom stereocenters. The molecule has 0 spiro atoms. The number of rotatable bonds is 2. The van der Waals surface area contributed by atoms with Crippen LogP contribution in [0, 0.1) is 0 Å². The zero-order chi connectivity index (χ0) is 9.80. The Morgan fingerprint density at radius 2 is 1.93 bits per heavy atom. The summed E-state index contributed by atoms with van der Waals surface area (Å²) in [5.41, 5.74) is 3.10. The molecule has 0 unspecified atom stereocenters. The minimum atomic E-state index is 0.931. The van der Waals surface area contributed by atoms with E-state index in [1.54, 1.807) is 18.7 Å². The van der Waals surface area contributed by atoms with Gasteiger partial charge in [0, 0.05) is 23.7 Å². The van der Waals surface area contributed by atoms with Gasteiger partial charge in [0.2, 0.25) is 0 Å². The van der Waals surface area contributed by atoms with Gasteiger partial charge in [-0.2, -0.15) is 0 Å². The van der Waals surface area contributed by atoms with Gasteiger partial charge in [0.25, 0.3) is 0 Å². The summed E-state index contributed by atoms with van der Waals surface area (Å²) in [5.74, 6) is 0. The van der Waals surface area contributed by atoms with Crippen molar-refractivity contribution in [3.63, 3.8) is 0 Å². The standard InChI is InChI=1S/C11H11N3/c1-2-10-7-11(14-8-13-10)9-3-5-12-6-4-9/h3-8H,2H2,1H3. The lowest BCUT2D eigenvalue weighted by Crippen LogP contribution is -1.91. The highest BCUT2D eigenvalue weighted by Crippen LogP contribution is 2.15. The number of aryl methyl sites for hydroxylation is 1. The second-order valence-electron chi connectivity index (χ2n) is 2.98. The molecule has 0 amide bonds. The SMILES string of the molecule is CCc1cc(-c2ccncc2)ncn1. The van der Waals surface area contributed by atoms with Crippen molar-refractivity contribution in [1.82, 2.24) is 15.0 Å². The van der Waals surface area contributed by atoms with Crippen LogP contribution < -0.4 is 0 Å². The third kappa shape index (κ3) is 1.76. The van der Waals surface area contributed by atoms with Gasteiger partial charge in [-0.25, -0.2) is 9.97 Å². The summed E-state index contributed by atoms with van der Waals surface area (Å²) in [6.07, 6.45) is 6.07. The molecule has 0 saturated heterocycles. The molecule has 2 aromatic rings. The van der Waals surface area contributed by atoms with Crippen LogP contribution >= 0.6 is 0 Å². The van der Waals surface area contributed by atoms with Gasteiger partial charge in [0.1, 0.15) is 6.33 Å². The summed E-state index contributed by atoms with van der Waals surface area (Å²) in [7, 11) is 0. The summed E-state index contributed by atoms with van der Waals surface area (Å²) < 4.78 is 0. The van der Waals surface area contributed by atoms with Crippen molar-refractivity contribution in [2.45, 2.75) is 13.3 Å². The Morgan fingerprint density at radius 3 is 2.64 bits per heavy atom. The van der Waals surface area contributed by atoms with Gasteiger partial charge in [-0.3, -0.25) is 4.98 Å². The van der Waals surface area contributed by atoms with E-state index in [-0.39, 0.29) is 0 Å². The lowest BCUT2D eigenvalue weighted by Gasteiger charge is -2.00. The smallest absolute Gasteiger partial charge is 0.116 e. The van der Waals surface area contributed by atoms with E-state index in [0.29, 0.717) is 0 Å². The van der Waals surface area contributed by atoms with Gasteiger partial charge < -0.3 is 0 Å². The monoisotopic (exact) mass is 185 g/mol. The van der Waals surface area contributed by atoms with Crippen molar-refractivity contribution in [3.05, 3.63) is 42.6 Å². The number of nitrogens with zero attached hydrogens (tertiary/aromatic N) is 3. The second-order valence-corrected chi connectivity index (χ2v) is 2.98. The van der Waals surface area contributed by atoms with Crippen LogP contribution in [0.25, 0.3) is 11.3 Å². The van der Waals surface area contributed by atoms with Crippen molar-refractivity contribution in [2.75, 3.05) is 0 Å². The van der Waals surface area contributed by atoms with Gasteiger partial charge in [-0.1, -0.05) is 6.92 Å². The van der Waals surface area contributed by atoms with Crippen LogP contribution in [0.3, 0.4) is 0 Å². The van der Waals surface area contributed by atoms with Crippen molar-refractivity contribution >= 4 is 0 Å². The summed E-state index contributed by atoms with van der Waals surface area (Å²) in [5, 5.41) is 0. The largest absolute Gasteiger partial charge is 0.265 e. The molecule has 2 rings (SSSR count). The summed E-state index contributed by atoms with van der Waals surface area (Å²) in [6, 6.07) is 5.90. The van der Waals surface area contributed by atoms with Crippen molar-refractivity contribution in [1.29, 1.82) is 0 Å². The van der Waals surface area contributed by atoms with Gasteiger partial charge in [-0.15, -0.1) is 0 Å². The summed E-state index contributed by atoms with van der Waals surface area (Å²) in [4.78, 5) is 12.3. The molecule has 0 aliphatic rings. The summed E-state index contributed by atoms with van der Waals surface area (Å²) >= 11 is 0. The van der Waals surface area contributed by atoms with E-state index in [0.717, 1.165) is 23.4 Å². The third-order valence-corrected chi connectivity index (χ3v) is 2.06. The van der Waals surface area contributed by atoms with Crippen LogP contribution in [-0.2, 0) is 6.42 Å². The zero-order valence-electron chi connectivity index (χ0n) is 8.01. The van der Waals surface area contributed by atoms with E-state index >= 15 is 0 Å². The average Bonchev–Trinajstić information content (AvgIpc) is 2.30. The first-order chi connectivity index (χ1) is 6.90. The molecule has 3 nitrogen and oxygen atoms in total. The highest BCUT2D eigenvalue weighted by atomic mass is 14.8. The maximum Gasteiger partial charge on any atom is 0.116 e. The zero-order valence-corrected chi connectivity index (χ0v) is 8.01. The molecule has 0 N–H and O–H groups in total. The first-order valence-electron chi connectivity index (χ1n) is 4.61. The minimum absolute atomic E-state index is 0.931. The average molecular weight is 185 g/mol. The van der Waals surface area contributed by atoms with Crippen LogP contribution in [0.2, 0.25) is 0 Å². The van der Waals surface area contributed by atoms with Crippen LogP contribution in [0.4, 0.5) is 0 Å². The van der Waals surface area contributed by atoms with Gasteiger partial charge in [-0.05, 0) is 24.6 Å². The summed E-state index contributed by atoms with van der Waals surface area (Å²) in [6.45, 7) is 2.08. The van der Waals surface area contributed by atoms with Crippen LogP contribution in [-0.4, -0.2) is 15.0 Å².